The standard InChI is InChI=1S/C26H24N6O/c1-17-9-11-20(12-10-17)24-13-14-27-25-23(16-29-32(24)25)26(33)28-15-22-18(2)30-31(19(22)3)21-7-5-4-6-8-21/h4-14,16H,15H2,1-3H3,(H,28,33). The van der Waals surface area contributed by atoms with E-state index in [0.29, 0.717) is 17.8 Å². The van der Waals surface area contributed by atoms with E-state index >= 15 is 0 Å². The third-order valence-electron chi connectivity index (χ3n) is 5.86. The number of aryl methyl sites for hydroxylation is 2. The molecule has 5 aromatic rings. The summed E-state index contributed by atoms with van der Waals surface area (Å²) in [4.78, 5) is 17.5. The molecule has 0 bridgehead atoms. The normalized spacial score (nSPS) is 11.1. The average molecular weight is 437 g/mol. The molecule has 0 aliphatic heterocycles. The predicted octanol–water partition coefficient (Wildman–Crippen LogP) is 4.44. The number of nitrogens with one attached hydrogen (secondary N) is 1. The van der Waals surface area contributed by atoms with Crippen molar-refractivity contribution in [2.45, 2.75) is 27.3 Å². The van der Waals surface area contributed by atoms with Gasteiger partial charge in [-0.15, -0.1) is 0 Å². The predicted molar refractivity (Wildman–Crippen MR) is 127 cm³/mol. The topological polar surface area (TPSA) is 77.1 Å². The number of hydrogen-bond donors (Lipinski definition) is 1. The van der Waals surface area contributed by atoms with Crippen LogP contribution in [0.25, 0.3) is 22.6 Å². The van der Waals surface area contributed by atoms with Crippen LogP contribution in [0.5, 0.6) is 0 Å². The Labute approximate surface area is 191 Å². The monoisotopic (exact) mass is 436 g/mol. The van der Waals surface area contributed by atoms with Crippen LogP contribution < -0.4 is 5.32 Å². The average Bonchev–Trinajstić information content (AvgIpc) is 3.39. The second-order valence-electron chi connectivity index (χ2n) is 8.07. The van der Waals surface area contributed by atoms with Gasteiger partial charge in [0.2, 0.25) is 0 Å². The van der Waals surface area contributed by atoms with Crippen LogP contribution >= 0.6 is 0 Å². The van der Waals surface area contributed by atoms with Crippen LogP contribution in [0.2, 0.25) is 0 Å². The lowest BCUT2D eigenvalue weighted by Crippen LogP contribution is -2.23. The Morgan fingerprint density at radius 3 is 2.48 bits per heavy atom. The summed E-state index contributed by atoms with van der Waals surface area (Å²) in [5.41, 5.74) is 7.93. The Kier molecular flexibility index (Phi) is 5.22. The van der Waals surface area contributed by atoms with E-state index in [2.05, 4.69) is 39.6 Å². The molecule has 7 heteroatoms. The second kappa shape index (κ2) is 8.35. The maximum absolute atomic E-state index is 13.1. The summed E-state index contributed by atoms with van der Waals surface area (Å²) in [6.45, 7) is 6.39. The number of carbonyl (C=O) groups excluding carboxylic acids is 1. The molecule has 0 fully saturated rings. The zero-order valence-electron chi connectivity index (χ0n) is 18.8. The number of rotatable bonds is 5. The van der Waals surface area contributed by atoms with Crippen LogP contribution in [-0.4, -0.2) is 30.3 Å². The van der Waals surface area contributed by atoms with E-state index in [1.807, 2.05) is 67.1 Å². The summed E-state index contributed by atoms with van der Waals surface area (Å²) < 4.78 is 3.62. The van der Waals surface area contributed by atoms with E-state index < -0.39 is 0 Å². The fourth-order valence-electron chi connectivity index (χ4n) is 4.01. The first-order valence-corrected chi connectivity index (χ1v) is 10.8. The zero-order chi connectivity index (χ0) is 22.9. The molecular weight excluding hydrogens is 412 g/mol. The van der Waals surface area contributed by atoms with Crippen LogP contribution in [0, 0.1) is 20.8 Å². The fourth-order valence-corrected chi connectivity index (χ4v) is 4.01. The largest absolute Gasteiger partial charge is 0.348 e. The first-order valence-electron chi connectivity index (χ1n) is 10.8. The number of hydrogen-bond acceptors (Lipinski definition) is 4. The molecule has 3 aromatic heterocycles. The van der Waals surface area contributed by atoms with Gasteiger partial charge in [-0.3, -0.25) is 4.79 Å². The van der Waals surface area contributed by atoms with Gasteiger partial charge in [0.1, 0.15) is 5.56 Å². The molecule has 1 amide bonds. The minimum atomic E-state index is -0.218. The van der Waals surface area contributed by atoms with E-state index in [9.17, 15) is 4.79 Å². The van der Waals surface area contributed by atoms with Crippen LogP contribution in [0.15, 0.2) is 73.1 Å². The Balaban J connectivity index is 1.40. The van der Waals surface area contributed by atoms with Gasteiger partial charge in [0.25, 0.3) is 5.91 Å². The molecule has 33 heavy (non-hydrogen) atoms. The van der Waals surface area contributed by atoms with Crippen molar-refractivity contribution in [2.24, 2.45) is 0 Å². The molecule has 7 nitrogen and oxygen atoms in total. The minimum absolute atomic E-state index is 0.218. The molecule has 3 heterocycles. The van der Waals surface area contributed by atoms with Gasteiger partial charge in [0.15, 0.2) is 5.65 Å². The Hall–Kier alpha value is -4.26. The number of para-hydroxylation sites is 1. The van der Waals surface area contributed by atoms with Gasteiger partial charge in [-0.25, -0.2) is 14.2 Å². The van der Waals surface area contributed by atoms with Crippen LogP contribution in [0.1, 0.15) is 32.9 Å². The van der Waals surface area contributed by atoms with Crippen molar-refractivity contribution in [1.29, 1.82) is 0 Å². The van der Waals surface area contributed by atoms with Gasteiger partial charge in [0.05, 0.1) is 23.3 Å². The molecule has 2 aromatic carbocycles. The lowest BCUT2D eigenvalue weighted by molar-refractivity contribution is 0.0952. The van der Waals surface area contributed by atoms with Crippen molar-refractivity contribution < 1.29 is 4.79 Å². The number of aromatic nitrogens is 5. The van der Waals surface area contributed by atoms with Crippen LogP contribution in [-0.2, 0) is 6.54 Å². The summed E-state index contributed by atoms with van der Waals surface area (Å²) >= 11 is 0. The highest BCUT2D eigenvalue weighted by molar-refractivity contribution is 5.99. The molecule has 0 atom stereocenters. The number of nitrogens with zero attached hydrogens (tertiary/aromatic N) is 5. The van der Waals surface area contributed by atoms with E-state index in [0.717, 1.165) is 33.9 Å². The van der Waals surface area contributed by atoms with Crippen molar-refractivity contribution >= 4 is 11.6 Å². The Morgan fingerprint density at radius 1 is 0.970 bits per heavy atom. The van der Waals surface area contributed by atoms with Gasteiger partial charge < -0.3 is 5.32 Å². The third-order valence-corrected chi connectivity index (χ3v) is 5.86. The molecule has 0 radical (unpaired) electrons. The smallest absolute Gasteiger partial charge is 0.257 e. The maximum atomic E-state index is 13.1. The highest BCUT2D eigenvalue weighted by Crippen LogP contribution is 2.22. The second-order valence-corrected chi connectivity index (χ2v) is 8.07. The lowest BCUT2D eigenvalue weighted by Gasteiger charge is -2.07. The summed E-state index contributed by atoms with van der Waals surface area (Å²) in [6, 6.07) is 20.1. The number of fused-ring (bicyclic) bond motifs is 1. The minimum Gasteiger partial charge on any atom is -0.348 e. The van der Waals surface area contributed by atoms with Crippen LogP contribution in [0.3, 0.4) is 0 Å². The highest BCUT2D eigenvalue weighted by Gasteiger charge is 2.18. The molecular formula is C26H24N6O. The first kappa shape index (κ1) is 20.6. The highest BCUT2D eigenvalue weighted by atomic mass is 16.1. The van der Waals surface area contributed by atoms with Gasteiger partial charge in [-0.2, -0.15) is 10.2 Å². The van der Waals surface area contributed by atoms with Crippen molar-refractivity contribution in [1.82, 2.24) is 29.7 Å². The Morgan fingerprint density at radius 2 is 1.73 bits per heavy atom. The molecule has 164 valence electrons. The third kappa shape index (κ3) is 3.78. The van der Waals surface area contributed by atoms with E-state index in [1.165, 1.54) is 5.56 Å². The van der Waals surface area contributed by atoms with E-state index in [-0.39, 0.29) is 5.91 Å². The number of amides is 1. The first-order chi connectivity index (χ1) is 16.0. The maximum Gasteiger partial charge on any atom is 0.257 e. The molecule has 0 saturated heterocycles. The molecule has 0 spiro atoms. The van der Waals surface area contributed by atoms with Gasteiger partial charge in [-0.1, -0.05) is 48.0 Å². The lowest BCUT2D eigenvalue weighted by atomic mass is 10.1. The van der Waals surface area contributed by atoms with Crippen molar-refractivity contribution in [3.8, 4) is 16.9 Å². The van der Waals surface area contributed by atoms with E-state index in [1.54, 1.807) is 16.9 Å². The molecule has 5 rings (SSSR count). The Bertz CT molecular complexity index is 1450. The molecule has 1 N–H and O–H groups in total. The quantitative estimate of drug-likeness (QED) is 0.442. The van der Waals surface area contributed by atoms with Gasteiger partial charge in [-0.05, 0) is 39.0 Å². The number of carbonyl (C=O) groups is 1. The summed E-state index contributed by atoms with van der Waals surface area (Å²) in [5.74, 6) is -0.218. The summed E-state index contributed by atoms with van der Waals surface area (Å²) in [5, 5.41) is 12.1. The van der Waals surface area contributed by atoms with Crippen molar-refractivity contribution in [2.75, 3.05) is 0 Å². The molecule has 0 saturated carbocycles. The zero-order valence-corrected chi connectivity index (χ0v) is 18.8. The summed E-state index contributed by atoms with van der Waals surface area (Å²) in [7, 11) is 0. The summed E-state index contributed by atoms with van der Waals surface area (Å²) in [6.07, 6.45) is 3.28. The van der Waals surface area contributed by atoms with Crippen molar-refractivity contribution in [3.63, 3.8) is 0 Å². The number of benzene rings is 2. The SMILES string of the molecule is Cc1ccc(-c2ccnc3c(C(=O)NCc4c(C)nn(-c5ccccc5)c4C)cnn23)cc1. The van der Waals surface area contributed by atoms with Gasteiger partial charge in [0, 0.05) is 29.6 Å². The fraction of sp³-hybridized carbons (Fsp3) is 0.154. The molecule has 0 aliphatic rings. The van der Waals surface area contributed by atoms with Gasteiger partial charge >= 0.3 is 0 Å². The van der Waals surface area contributed by atoms with Crippen molar-refractivity contribution in [3.05, 3.63) is 101 Å². The molecule has 0 unspecified atom stereocenters. The molecule has 0 aliphatic carbocycles. The van der Waals surface area contributed by atoms with E-state index in [4.69, 9.17) is 0 Å². The van der Waals surface area contributed by atoms with Crippen LogP contribution in [0.4, 0.5) is 0 Å².